The van der Waals surface area contributed by atoms with Gasteiger partial charge in [-0.25, -0.2) is 9.78 Å². The number of aliphatic imine (C=N–C) groups is 1. The van der Waals surface area contributed by atoms with Crippen molar-refractivity contribution >= 4 is 29.7 Å². The van der Waals surface area contributed by atoms with Crippen LogP contribution in [0.2, 0.25) is 0 Å². The zero-order chi connectivity index (χ0) is 26.5. The average molecular weight is 498 g/mol. The van der Waals surface area contributed by atoms with Crippen molar-refractivity contribution in [2.24, 2.45) is 28.1 Å². The number of rotatable bonds is 15. The molecule has 196 valence electrons. The summed E-state index contributed by atoms with van der Waals surface area (Å²) < 4.78 is 0. The number of carbonyl (C=O) groups excluding carboxylic acids is 3. The van der Waals surface area contributed by atoms with Gasteiger partial charge in [0.15, 0.2) is 5.96 Å². The summed E-state index contributed by atoms with van der Waals surface area (Å²) in [5, 5.41) is 26.0. The normalized spacial score (nSPS) is 14.3. The van der Waals surface area contributed by atoms with Crippen molar-refractivity contribution < 1.29 is 29.4 Å². The topological polar surface area (TPSA) is 264 Å². The number of H-pyrrole nitrogens is 1. The van der Waals surface area contributed by atoms with Gasteiger partial charge in [-0.2, -0.15) is 0 Å². The second kappa shape index (κ2) is 14.5. The molecule has 35 heavy (non-hydrogen) atoms. The van der Waals surface area contributed by atoms with Crippen LogP contribution in [-0.2, 0) is 25.6 Å². The lowest BCUT2D eigenvalue weighted by molar-refractivity contribution is -0.142. The minimum absolute atomic E-state index is 0.0210. The van der Waals surface area contributed by atoms with Gasteiger partial charge in [-0.15, -0.1) is 0 Å². The van der Waals surface area contributed by atoms with Gasteiger partial charge in [-0.1, -0.05) is 13.8 Å². The first-order valence-corrected chi connectivity index (χ1v) is 11.0. The molecule has 15 nitrogen and oxygen atoms in total. The summed E-state index contributed by atoms with van der Waals surface area (Å²) in [5.41, 5.74) is 16.5. The minimum atomic E-state index is -1.26. The predicted octanol–water partition coefficient (Wildman–Crippen LogP) is -3.48. The van der Waals surface area contributed by atoms with Crippen LogP contribution in [0.15, 0.2) is 17.5 Å². The molecule has 0 saturated heterocycles. The molecule has 4 atom stereocenters. The summed E-state index contributed by atoms with van der Waals surface area (Å²) in [6.07, 6.45) is 3.17. The number of nitrogens with one attached hydrogen (secondary N) is 4. The van der Waals surface area contributed by atoms with Gasteiger partial charge < -0.3 is 48.3 Å². The van der Waals surface area contributed by atoms with Gasteiger partial charge in [-0.05, 0) is 18.8 Å². The van der Waals surface area contributed by atoms with E-state index in [2.05, 4.69) is 30.9 Å². The molecule has 12 N–H and O–H groups in total. The van der Waals surface area contributed by atoms with Crippen LogP contribution in [0, 0.1) is 5.92 Å². The van der Waals surface area contributed by atoms with Crippen molar-refractivity contribution in [2.75, 3.05) is 13.2 Å². The van der Waals surface area contributed by atoms with E-state index in [4.69, 9.17) is 22.3 Å². The Hall–Kier alpha value is -3.72. The molecule has 15 heteroatoms. The largest absolute Gasteiger partial charge is 0.480 e. The van der Waals surface area contributed by atoms with Crippen LogP contribution in [0.5, 0.6) is 0 Å². The third-order valence-corrected chi connectivity index (χ3v) is 4.95. The van der Waals surface area contributed by atoms with Gasteiger partial charge in [0, 0.05) is 24.9 Å². The molecule has 0 radical (unpaired) electrons. The van der Waals surface area contributed by atoms with Crippen LogP contribution < -0.4 is 33.2 Å². The van der Waals surface area contributed by atoms with Crippen molar-refractivity contribution in [1.82, 2.24) is 25.9 Å². The SMILES string of the molecule is CC(C)C(NC(=O)C(N)CO)C(=O)NC(Cc1cnc[nH]1)C(=O)NC(CCCN=C(N)N)C(=O)O. The van der Waals surface area contributed by atoms with E-state index in [-0.39, 0.29) is 31.3 Å². The number of aliphatic hydroxyl groups excluding tert-OH is 1. The smallest absolute Gasteiger partial charge is 0.326 e. The van der Waals surface area contributed by atoms with Crippen molar-refractivity contribution in [2.45, 2.75) is 57.3 Å². The Morgan fingerprint density at radius 3 is 2.26 bits per heavy atom. The number of guanidine groups is 1. The Balaban J connectivity index is 2.99. The fourth-order valence-corrected chi connectivity index (χ4v) is 3.00. The summed E-state index contributed by atoms with van der Waals surface area (Å²) in [6.45, 7) is 2.93. The van der Waals surface area contributed by atoms with Gasteiger partial charge in [0.05, 0.1) is 12.9 Å². The highest BCUT2D eigenvalue weighted by molar-refractivity contribution is 5.94. The molecule has 0 aliphatic heterocycles. The highest BCUT2D eigenvalue weighted by atomic mass is 16.4. The number of aliphatic carboxylic acids is 1. The lowest BCUT2D eigenvalue weighted by Crippen LogP contribution is -2.59. The molecule has 4 unspecified atom stereocenters. The Kier molecular flexibility index (Phi) is 12.2. The molecule has 0 aromatic carbocycles. The fourth-order valence-electron chi connectivity index (χ4n) is 3.00. The maximum absolute atomic E-state index is 13.0. The Morgan fingerprint density at radius 2 is 1.74 bits per heavy atom. The van der Waals surface area contributed by atoms with Gasteiger partial charge in [0.1, 0.15) is 24.2 Å². The highest BCUT2D eigenvalue weighted by Gasteiger charge is 2.31. The number of amides is 3. The van der Waals surface area contributed by atoms with Gasteiger partial charge in [-0.3, -0.25) is 19.4 Å². The Labute approximate surface area is 202 Å². The number of hydrogen-bond acceptors (Lipinski definition) is 8. The Morgan fingerprint density at radius 1 is 1.09 bits per heavy atom. The quantitative estimate of drug-likeness (QED) is 0.0656. The first kappa shape index (κ1) is 29.3. The van der Waals surface area contributed by atoms with Crippen LogP contribution >= 0.6 is 0 Å². The molecule has 1 rings (SSSR count). The first-order chi connectivity index (χ1) is 16.5. The molecule has 3 amide bonds. The van der Waals surface area contributed by atoms with Crippen LogP contribution in [0.3, 0.4) is 0 Å². The Bertz CT molecular complexity index is 870. The van der Waals surface area contributed by atoms with Gasteiger partial charge in [0.25, 0.3) is 0 Å². The molecule has 1 heterocycles. The summed E-state index contributed by atoms with van der Waals surface area (Å²) in [7, 11) is 0. The zero-order valence-corrected chi connectivity index (χ0v) is 19.7. The standard InChI is InChI=1S/C20H35N9O6/c1-10(2)15(29-16(31)12(21)8-30)18(33)28-14(6-11-7-24-9-26-11)17(32)27-13(19(34)35)4-3-5-25-20(22)23/h7,9-10,12-15,30H,3-6,8,21H2,1-2H3,(H,24,26)(H,27,32)(H,28,33)(H,29,31)(H,34,35)(H4,22,23,25). The lowest BCUT2D eigenvalue weighted by atomic mass is 10.0. The number of hydrogen-bond donors (Lipinski definition) is 9. The zero-order valence-electron chi connectivity index (χ0n) is 19.7. The van der Waals surface area contributed by atoms with E-state index in [0.717, 1.165) is 0 Å². The second-order valence-corrected chi connectivity index (χ2v) is 8.21. The van der Waals surface area contributed by atoms with Crippen LogP contribution in [0.25, 0.3) is 0 Å². The third kappa shape index (κ3) is 10.4. The van der Waals surface area contributed by atoms with Crippen LogP contribution in [-0.4, -0.2) is 87.2 Å². The number of carboxylic acids is 1. The number of carbonyl (C=O) groups is 4. The van der Waals surface area contributed by atoms with E-state index >= 15 is 0 Å². The molecule has 1 aromatic rings. The van der Waals surface area contributed by atoms with E-state index in [1.807, 2.05) is 0 Å². The molecule has 1 aromatic heterocycles. The second-order valence-electron chi connectivity index (χ2n) is 8.21. The highest BCUT2D eigenvalue weighted by Crippen LogP contribution is 2.07. The summed E-state index contributed by atoms with van der Waals surface area (Å²) in [6, 6.07) is -4.72. The molecule has 0 aliphatic carbocycles. The first-order valence-electron chi connectivity index (χ1n) is 11.0. The molecule has 0 saturated carbocycles. The molecular weight excluding hydrogens is 462 g/mol. The average Bonchev–Trinajstić information content (AvgIpc) is 3.30. The third-order valence-electron chi connectivity index (χ3n) is 4.95. The fraction of sp³-hybridized carbons (Fsp3) is 0.600. The minimum Gasteiger partial charge on any atom is -0.480 e. The molecule has 0 bridgehead atoms. The number of nitrogens with zero attached hydrogens (tertiary/aromatic N) is 2. The number of imidazole rings is 1. The maximum Gasteiger partial charge on any atom is 0.326 e. The van der Waals surface area contributed by atoms with Gasteiger partial charge >= 0.3 is 5.97 Å². The monoisotopic (exact) mass is 497 g/mol. The predicted molar refractivity (Wildman–Crippen MR) is 126 cm³/mol. The van der Waals surface area contributed by atoms with E-state index in [1.165, 1.54) is 12.5 Å². The number of carboxylic acid groups (broad SMARTS) is 1. The maximum atomic E-state index is 13.0. The van der Waals surface area contributed by atoms with E-state index in [1.54, 1.807) is 13.8 Å². The summed E-state index contributed by atoms with van der Waals surface area (Å²) in [4.78, 5) is 60.2. The van der Waals surface area contributed by atoms with Crippen LogP contribution in [0.1, 0.15) is 32.4 Å². The lowest BCUT2D eigenvalue weighted by Gasteiger charge is -2.26. The van der Waals surface area contributed by atoms with Crippen molar-refractivity contribution in [3.05, 3.63) is 18.2 Å². The van der Waals surface area contributed by atoms with E-state index in [9.17, 15) is 24.3 Å². The molecule has 0 fully saturated rings. The van der Waals surface area contributed by atoms with Crippen molar-refractivity contribution in [3.63, 3.8) is 0 Å². The number of aliphatic hydroxyl groups is 1. The summed E-state index contributed by atoms with van der Waals surface area (Å²) >= 11 is 0. The summed E-state index contributed by atoms with van der Waals surface area (Å²) in [5.74, 6) is -3.94. The number of aromatic amines is 1. The van der Waals surface area contributed by atoms with Crippen molar-refractivity contribution in [1.29, 1.82) is 0 Å². The van der Waals surface area contributed by atoms with E-state index < -0.39 is 54.5 Å². The number of nitrogens with two attached hydrogens (primary N) is 3. The molecule has 0 spiro atoms. The van der Waals surface area contributed by atoms with E-state index in [0.29, 0.717) is 12.1 Å². The molecular formula is C20H35N9O6. The van der Waals surface area contributed by atoms with Crippen molar-refractivity contribution in [3.8, 4) is 0 Å². The molecule has 0 aliphatic rings. The van der Waals surface area contributed by atoms with Crippen LogP contribution in [0.4, 0.5) is 0 Å². The number of aromatic nitrogens is 2. The van der Waals surface area contributed by atoms with Gasteiger partial charge in [0.2, 0.25) is 17.7 Å².